The van der Waals surface area contributed by atoms with Gasteiger partial charge in [-0.1, -0.05) is 0 Å². The van der Waals surface area contributed by atoms with E-state index in [0.29, 0.717) is 6.54 Å². The molecule has 17 heavy (non-hydrogen) atoms. The summed E-state index contributed by atoms with van der Waals surface area (Å²) in [5.41, 5.74) is -1.45. The lowest BCUT2D eigenvalue weighted by Crippen LogP contribution is -2.28. The zero-order valence-electron chi connectivity index (χ0n) is 9.08. The molecule has 90 valence electrons. The molecule has 7 heteroatoms. The van der Waals surface area contributed by atoms with Crippen LogP contribution in [0, 0.1) is 11.3 Å². The molecule has 0 amide bonds. The average Bonchev–Trinajstić information content (AvgIpc) is 2.78. The van der Waals surface area contributed by atoms with Crippen molar-refractivity contribution in [3.8, 4) is 6.07 Å². The maximum Gasteiger partial charge on any atom is 0.327 e. The van der Waals surface area contributed by atoms with E-state index in [-0.39, 0.29) is 17.5 Å². The third-order valence-corrected chi connectivity index (χ3v) is 2.58. The normalized spacial score (nSPS) is 18.9. The Kier molecular flexibility index (Phi) is 3.25. The molecule has 2 rings (SSSR count). The molecule has 0 saturated carbocycles. The second-order valence-corrected chi connectivity index (χ2v) is 3.79. The van der Waals surface area contributed by atoms with Crippen molar-refractivity contribution in [3.05, 3.63) is 26.4 Å². The molecule has 0 aliphatic carbocycles. The first-order chi connectivity index (χ1) is 8.20. The molecule has 1 fully saturated rings. The van der Waals surface area contributed by atoms with E-state index in [1.54, 1.807) is 6.07 Å². The number of nitriles is 1. The SMILES string of the molecule is N#Cc1c(NCC2CCCO2)[nH]c(=O)[nH]c1=O. The van der Waals surface area contributed by atoms with E-state index in [0.717, 1.165) is 19.4 Å². The molecule has 1 aromatic heterocycles. The Morgan fingerprint density at radius 1 is 1.47 bits per heavy atom. The number of nitrogens with zero attached hydrogens (tertiary/aromatic N) is 1. The number of aromatic amines is 2. The number of aromatic nitrogens is 2. The van der Waals surface area contributed by atoms with Crippen LogP contribution in [0.3, 0.4) is 0 Å². The summed E-state index contributed by atoms with van der Waals surface area (Å²) in [7, 11) is 0. The van der Waals surface area contributed by atoms with Crippen LogP contribution in [-0.2, 0) is 4.74 Å². The maximum atomic E-state index is 11.3. The standard InChI is InChI=1S/C10H12N4O3/c11-4-7-8(13-10(16)14-9(7)15)12-5-6-2-1-3-17-6/h6H,1-3,5H2,(H3,12,13,14,15,16). The summed E-state index contributed by atoms with van der Waals surface area (Å²) in [6.07, 6.45) is 2.00. The molecule has 2 heterocycles. The molecule has 3 N–H and O–H groups in total. The number of ether oxygens (including phenoxy) is 1. The Hall–Kier alpha value is -2.07. The van der Waals surface area contributed by atoms with Crippen LogP contribution in [0.2, 0.25) is 0 Å². The van der Waals surface area contributed by atoms with E-state index >= 15 is 0 Å². The monoisotopic (exact) mass is 236 g/mol. The first-order valence-electron chi connectivity index (χ1n) is 5.33. The largest absolute Gasteiger partial charge is 0.376 e. The maximum absolute atomic E-state index is 11.3. The molecule has 0 spiro atoms. The van der Waals surface area contributed by atoms with Crippen LogP contribution in [0.4, 0.5) is 5.82 Å². The molecule has 1 atom stereocenters. The van der Waals surface area contributed by atoms with Crippen LogP contribution < -0.4 is 16.6 Å². The third-order valence-electron chi connectivity index (χ3n) is 2.58. The van der Waals surface area contributed by atoms with Crippen molar-refractivity contribution in [2.24, 2.45) is 0 Å². The summed E-state index contributed by atoms with van der Waals surface area (Å²) in [4.78, 5) is 26.8. The fraction of sp³-hybridized carbons (Fsp3) is 0.500. The van der Waals surface area contributed by atoms with Crippen LogP contribution in [0.5, 0.6) is 0 Å². The minimum atomic E-state index is -0.689. The fourth-order valence-electron chi connectivity index (χ4n) is 1.75. The number of anilines is 1. The number of nitrogens with one attached hydrogen (secondary N) is 3. The zero-order chi connectivity index (χ0) is 12.3. The quantitative estimate of drug-likeness (QED) is 0.656. The predicted molar refractivity (Wildman–Crippen MR) is 59.9 cm³/mol. The van der Waals surface area contributed by atoms with Gasteiger partial charge < -0.3 is 10.1 Å². The van der Waals surface area contributed by atoms with Crippen molar-refractivity contribution in [1.82, 2.24) is 9.97 Å². The highest BCUT2D eigenvalue weighted by molar-refractivity contribution is 5.49. The van der Waals surface area contributed by atoms with Crippen LogP contribution in [-0.4, -0.2) is 29.2 Å². The van der Waals surface area contributed by atoms with E-state index in [9.17, 15) is 9.59 Å². The molecular formula is C10H12N4O3. The molecule has 1 unspecified atom stereocenters. The van der Waals surface area contributed by atoms with E-state index in [2.05, 4.69) is 10.3 Å². The van der Waals surface area contributed by atoms with E-state index in [1.165, 1.54) is 0 Å². The second kappa shape index (κ2) is 4.84. The second-order valence-electron chi connectivity index (χ2n) is 3.79. The van der Waals surface area contributed by atoms with E-state index in [4.69, 9.17) is 10.00 Å². The van der Waals surface area contributed by atoms with Gasteiger partial charge in [0.2, 0.25) is 0 Å². The number of hydrogen-bond donors (Lipinski definition) is 3. The van der Waals surface area contributed by atoms with Gasteiger partial charge in [0, 0.05) is 13.2 Å². The lowest BCUT2D eigenvalue weighted by molar-refractivity contribution is 0.120. The number of hydrogen-bond acceptors (Lipinski definition) is 5. The van der Waals surface area contributed by atoms with Crippen molar-refractivity contribution in [3.63, 3.8) is 0 Å². The third kappa shape index (κ3) is 2.54. The zero-order valence-corrected chi connectivity index (χ0v) is 9.08. The van der Waals surface area contributed by atoms with Gasteiger partial charge in [0.25, 0.3) is 5.56 Å². The average molecular weight is 236 g/mol. The van der Waals surface area contributed by atoms with Gasteiger partial charge in [-0.25, -0.2) is 4.79 Å². The van der Waals surface area contributed by atoms with Crippen LogP contribution in [0.1, 0.15) is 18.4 Å². The Balaban J connectivity index is 2.17. The Morgan fingerprint density at radius 2 is 2.29 bits per heavy atom. The molecule has 7 nitrogen and oxygen atoms in total. The van der Waals surface area contributed by atoms with Gasteiger partial charge in [-0.3, -0.25) is 14.8 Å². The van der Waals surface area contributed by atoms with Crippen molar-refractivity contribution in [2.75, 3.05) is 18.5 Å². The van der Waals surface area contributed by atoms with Crippen molar-refractivity contribution < 1.29 is 4.74 Å². The lowest BCUT2D eigenvalue weighted by Gasteiger charge is -2.11. The van der Waals surface area contributed by atoms with Gasteiger partial charge in [0.1, 0.15) is 11.9 Å². The van der Waals surface area contributed by atoms with Gasteiger partial charge in [-0.05, 0) is 12.8 Å². The van der Waals surface area contributed by atoms with Gasteiger partial charge in [-0.2, -0.15) is 5.26 Å². The highest BCUT2D eigenvalue weighted by atomic mass is 16.5. The Labute approximate surface area is 96.4 Å². The smallest absolute Gasteiger partial charge is 0.327 e. The number of H-pyrrole nitrogens is 2. The van der Waals surface area contributed by atoms with Gasteiger partial charge >= 0.3 is 5.69 Å². The minimum Gasteiger partial charge on any atom is -0.376 e. The molecule has 1 aliphatic rings. The Bertz CT molecular complexity index is 548. The highest BCUT2D eigenvalue weighted by Crippen LogP contribution is 2.12. The summed E-state index contributed by atoms with van der Waals surface area (Å²) in [5, 5.41) is 11.7. The van der Waals surface area contributed by atoms with Crippen LogP contribution in [0.25, 0.3) is 0 Å². The van der Waals surface area contributed by atoms with Gasteiger partial charge in [0.05, 0.1) is 6.10 Å². The van der Waals surface area contributed by atoms with Gasteiger partial charge in [-0.15, -0.1) is 0 Å². The van der Waals surface area contributed by atoms with Crippen LogP contribution >= 0.6 is 0 Å². The molecular weight excluding hydrogens is 224 g/mol. The first-order valence-corrected chi connectivity index (χ1v) is 5.33. The van der Waals surface area contributed by atoms with Crippen LogP contribution in [0.15, 0.2) is 9.59 Å². The van der Waals surface area contributed by atoms with Crippen molar-refractivity contribution >= 4 is 5.82 Å². The number of rotatable bonds is 3. The summed E-state index contributed by atoms with van der Waals surface area (Å²) in [5.74, 6) is 0.150. The fourth-order valence-corrected chi connectivity index (χ4v) is 1.75. The molecule has 1 aliphatic heterocycles. The summed E-state index contributed by atoms with van der Waals surface area (Å²) in [6, 6.07) is 1.75. The highest BCUT2D eigenvalue weighted by Gasteiger charge is 2.16. The van der Waals surface area contributed by atoms with Crippen molar-refractivity contribution in [2.45, 2.75) is 18.9 Å². The molecule has 0 radical (unpaired) electrons. The minimum absolute atomic E-state index is 0.0596. The summed E-state index contributed by atoms with van der Waals surface area (Å²) >= 11 is 0. The van der Waals surface area contributed by atoms with Crippen molar-refractivity contribution in [1.29, 1.82) is 5.26 Å². The van der Waals surface area contributed by atoms with Gasteiger partial charge in [0.15, 0.2) is 5.56 Å². The topological polar surface area (TPSA) is 111 Å². The lowest BCUT2D eigenvalue weighted by atomic mass is 10.2. The summed E-state index contributed by atoms with van der Waals surface area (Å²) < 4.78 is 5.39. The van der Waals surface area contributed by atoms with E-state index in [1.807, 2.05) is 4.98 Å². The molecule has 1 aromatic rings. The Morgan fingerprint density at radius 3 is 2.94 bits per heavy atom. The summed E-state index contributed by atoms with van der Waals surface area (Å²) in [6.45, 7) is 1.19. The first kappa shape index (κ1) is 11.4. The molecule has 0 bridgehead atoms. The predicted octanol–water partition coefficient (Wildman–Crippen LogP) is -0.474. The molecule has 0 aromatic carbocycles. The van der Waals surface area contributed by atoms with E-state index < -0.39 is 11.2 Å². The molecule has 1 saturated heterocycles.